The third kappa shape index (κ3) is 4.22. The van der Waals surface area contributed by atoms with Gasteiger partial charge in [0.05, 0.1) is 12.2 Å². The van der Waals surface area contributed by atoms with E-state index in [1.54, 1.807) is 12.1 Å². The number of carbonyl (C=O) groups is 1. The maximum Gasteiger partial charge on any atom is 0.407 e. The summed E-state index contributed by atoms with van der Waals surface area (Å²) in [5.41, 5.74) is 0.696. The van der Waals surface area contributed by atoms with Gasteiger partial charge in [-0.1, -0.05) is 32.4 Å². The molecule has 0 unspecified atom stereocenters. The monoisotopic (exact) mass is 339 g/mol. The van der Waals surface area contributed by atoms with Crippen molar-refractivity contribution >= 4 is 17.7 Å². The predicted molar refractivity (Wildman–Crippen MR) is 86.9 cm³/mol. The number of carboxylic acid groups (broad SMARTS) is 1. The Labute approximate surface area is 139 Å². The summed E-state index contributed by atoms with van der Waals surface area (Å²) in [4.78, 5) is 19.3. The summed E-state index contributed by atoms with van der Waals surface area (Å²) < 4.78 is 14.6. The first-order valence-electron chi connectivity index (χ1n) is 7.13. The van der Waals surface area contributed by atoms with Gasteiger partial charge in [0.25, 0.3) is 0 Å². The Morgan fingerprint density at radius 2 is 2.17 bits per heavy atom. The average molecular weight is 340 g/mol. The predicted octanol–water partition coefficient (Wildman–Crippen LogP) is 4.40. The first kappa shape index (κ1) is 17.3. The van der Waals surface area contributed by atoms with Crippen molar-refractivity contribution < 1.29 is 14.3 Å². The molecule has 23 heavy (non-hydrogen) atoms. The molecular weight excluding hydrogens is 321 g/mol. The van der Waals surface area contributed by atoms with Crippen molar-refractivity contribution in [1.29, 1.82) is 0 Å². The maximum absolute atomic E-state index is 14.6. The third-order valence-corrected chi connectivity index (χ3v) is 3.52. The van der Waals surface area contributed by atoms with E-state index < -0.39 is 11.9 Å². The van der Waals surface area contributed by atoms with Crippen molar-refractivity contribution in [3.05, 3.63) is 41.1 Å². The van der Waals surface area contributed by atoms with Gasteiger partial charge in [-0.25, -0.2) is 14.2 Å². The summed E-state index contributed by atoms with van der Waals surface area (Å²) in [5.74, 6) is -0.514. The molecule has 0 aliphatic heterocycles. The minimum absolute atomic E-state index is 0.0349. The molecule has 2 rings (SSSR count). The van der Waals surface area contributed by atoms with Crippen molar-refractivity contribution in [1.82, 2.24) is 14.9 Å². The molecule has 124 valence electrons. The molecule has 0 radical (unpaired) electrons. The molecule has 1 amide bonds. The first-order valence-corrected chi connectivity index (χ1v) is 7.51. The van der Waals surface area contributed by atoms with Crippen LogP contribution in [0.4, 0.5) is 9.18 Å². The number of amides is 1. The quantitative estimate of drug-likeness (QED) is 0.811. The van der Waals surface area contributed by atoms with Crippen LogP contribution in [0, 0.1) is 11.2 Å². The lowest BCUT2D eigenvalue weighted by atomic mass is 9.96. The van der Waals surface area contributed by atoms with Gasteiger partial charge in [0.15, 0.2) is 5.82 Å². The maximum atomic E-state index is 14.6. The van der Waals surface area contributed by atoms with Gasteiger partial charge in [-0.3, -0.25) is 0 Å². The lowest BCUT2D eigenvalue weighted by Gasteiger charge is -2.27. The van der Waals surface area contributed by atoms with Crippen LogP contribution in [0.2, 0.25) is 5.15 Å². The van der Waals surface area contributed by atoms with Crippen LogP contribution >= 0.6 is 11.6 Å². The summed E-state index contributed by atoms with van der Waals surface area (Å²) >= 11 is 5.98. The van der Waals surface area contributed by atoms with Crippen molar-refractivity contribution in [3.8, 4) is 11.3 Å². The highest BCUT2D eigenvalue weighted by atomic mass is 35.5. The zero-order valence-electron chi connectivity index (χ0n) is 13.2. The zero-order chi connectivity index (χ0) is 17.2. The number of hydrogen-bond acceptors (Lipinski definition) is 2. The summed E-state index contributed by atoms with van der Waals surface area (Å²) in [7, 11) is 0. The second-order valence-corrected chi connectivity index (χ2v) is 6.90. The van der Waals surface area contributed by atoms with E-state index in [1.165, 1.54) is 17.3 Å². The number of nitrogens with zero attached hydrogens (tertiary/aromatic N) is 2. The van der Waals surface area contributed by atoms with Gasteiger partial charge in [-0.05, 0) is 17.5 Å². The molecule has 0 aliphatic rings. The minimum atomic E-state index is -1.08. The van der Waals surface area contributed by atoms with Crippen LogP contribution in [0.25, 0.3) is 11.3 Å². The fraction of sp³-hybridized carbons (Fsp3) is 0.375. The number of hydrogen-bond donors (Lipinski definition) is 2. The van der Waals surface area contributed by atoms with E-state index in [1.807, 2.05) is 20.8 Å². The molecule has 0 saturated heterocycles. The highest BCUT2D eigenvalue weighted by molar-refractivity contribution is 6.32. The zero-order valence-corrected chi connectivity index (χ0v) is 14.0. The van der Waals surface area contributed by atoms with Crippen LogP contribution in [0.3, 0.4) is 0 Å². The van der Waals surface area contributed by atoms with Crippen LogP contribution in [0.5, 0.6) is 0 Å². The summed E-state index contributed by atoms with van der Waals surface area (Å²) in [6.07, 6.45) is 1.90. The molecule has 2 aromatic heterocycles. The van der Waals surface area contributed by atoms with Crippen molar-refractivity contribution in [2.75, 3.05) is 6.54 Å². The minimum Gasteiger partial charge on any atom is -0.465 e. The van der Waals surface area contributed by atoms with E-state index in [4.69, 9.17) is 11.6 Å². The summed E-state index contributed by atoms with van der Waals surface area (Å²) in [6, 6.07) is 3.31. The number of aromatic amines is 1. The fourth-order valence-electron chi connectivity index (χ4n) is 2.30. The van der Waals surface area contributed by atoms with Crippen LogP contribution in [-0.2, 0) is 6.54 Å². The Morgan fingerprint density at radius 1 is 1.48 bits per heavy atom. The lowest BCUT2D eigenvalue weighted by Crippen LogP contribution is -2.36. The van der Waals surface area contributed by atoms with E-state index in [9.17, 15) is 14.3 Å². The first-order chi connectivity index (χ1) is 10.7. The van der Waals surface area contributed by atoms with E-state index in [2.05, 4.69) is 9.97 Å². The van der Waals surface area contributed by atoms with Gasteiger partial charge < -0.3 is 15.0 Å². The molecular formula is C16H19ClFN3O2. The van der Waals surface area contributed by atoms with Gasteiger partial charge in [-0.15, -0.1) is 0 Å². The molecule has 0 aliphatic carbocycles. The Balaban J connectivity index is 2.28. The van der Waals surface area contributed by atoms with Crippen LogP contribution in [0.1, 0.15) is 26.3 Å². The topological polar surface area (TPSA) is 69.2 Å². The molecule has 0 fully saturated rings. The van der Waals surface area contributed by atoms with Crippen LogP contribution < -0.4 is 0 Å². The van der Waals surface area contributed by atoms with E-state index in [-0.39, 0.29) is 28.4 Å². The molecule has 5 nitrogen and oxygen atoms in total. The van der Waals surface area contributed by atoms with Crippen LogP contribution in [-0.4, -0.2) is 32.6 Å². The van der Waals surface area contributed by atoms with E-state index in [0.717, 1.165) is 0 Å². The van der Waals surface area contributed by atoms with Crippen LogP contribution in [0.15, 0.2) is 24.5 Å². The number of H-pyrrole nitrogens is 1. The van der Waals surface area contributed by atoms with Gasteiger partial charge in [0.2, 0.25) is 0 Å². The van der Waals surface area contributed by atoms with Crippen molar-refractivity contribution in [3.63, 3.8) is 0 Å². The number of rotatable bonds is 4. The Bertz CT molecular complexity index is 710. The molecule has 2 N–H and O–H groups in total. The second-order valence-electron chi connectivity index (χ2n) is 6.54. The Morgan fingerprint density at radius 3 is 2.74 bits per heavy atom. The third-order valence-electron chi connectivity index (χ3n) is 3.22. The molecule has 0 atom stereocenters. The molecule has 7 heteroatoms. The smallest absolute Gasteiger partial charge is 0.407 e. The highest BCUT2D eigenvalue weighted by Gasteiger charge is 2.23. The number of nitrogens with one attached hydrogen (secondary N) is 1. The van der Waals surface area contributed by atoms with Gasteiger partial charge in [0.1, 0.15) is 5.15 Å². The average Bonchev–Trinajstić information content (AvgIpc) is 2.78. The SMILES string of the molecule is CC(C)(C)CN(Cc1c[nH]c(-c2cccnc2Cl)c1F)C(=O)O. The number of aromatic nitrogens is 2. The lowest BCUT2D eigenvalue weighted by molar-refractivity contribution is 0.122. The summed E-state index contributed by atoms with van der Waals surface area (Å²) in [5, 5.41) is 9.50. The number of pyridine rings is 1. The second kappa shape index (κ2) is 6.58. The van der Waals surface area contributed by atoms with Gasteiger partial charge in [-0.2, -0.15) is 0 Å². The highest BCUT2D eigenvalue weighted by Crippen LogP contribution is 2.29. The fourth-order valence-corrected chi connectivity index (χ4v) is 2.51. The largest absolute Gasteiger partial charge is 0.465 e. The normalized spacial score (nSPS) is 11.5. The van der Waals surface area contributed by atoms with E-state index >= 15 is 0 Å². The van der Waals surface area contributed by atoms with Gasteiger partial charge in [0, 0.05) is 30.1 Å². The number of halogens is 2. The standard InChI is InChI=1S/C16H19ClFN3O2/c1-16(2,3)9-21(15(22)23)8-10-7-20-13(12(10)18)11-5-4-6-19-14(11)17/h4-7,20H,8-9H2,1-3H3,(H,22,23). The van der Waals surface area contributed by atoms with Crippen molar-refractivity contribution in [2.45, 2.75) is 27.3 Å². The molecule has 0 aromatic carbocycles. The molecule has 0 spiro atoms. The summed E-state index contributed by atoms with van der Waals surface area (Å²) in [6.45, 7) is 6.05. The molecule has 0 saturated carbocycles. The molecule has 0 bridgehead atoms. The van der Waals surface area contributed by atoms with Gasteiger partial charge >= 0.3 is 6.09 Å². The Kier molecular flexibility index (Phi) is 4.94. The molecule has 2 heterocycles. The Hall–Kier alpha value is -2.08. The van der Waals surface area contributed by atoms with E-state index in [0.29, 0.717) is 12.1 Å². The molecule has 2 aromatic rings. The van der Waals surface area contributed by atoms with Crippen molar-refractivity contribution in [2.24, 2.45) is 5.41 Å².